The molecular formula is C10H20O. The van der Waals surface area contributed by atoms with Gasteiger partial charge in [-0.3, -0.25) is 0 Å². The van der Waals surface area contributed by atoms with E-state index in [-0.39, 0.29) is 0 Å². The number of hydrogen-bond donors (Lipinski definition) is 1. The molecule has 0 radical (unpaired) electrons. The molecule has 0 aliphatic heterocycles. The number of rotatable bonds is 2. The Morgan fingerprint density at radius 1 is 1.45 bits per heavy atom. The maximum atomic E-state index is 8.97. The lowest BCUT2D eigenvalue weighted by atomic mass is 9.77. The van der Waals surface area contributed by atoms with Gasteiger partial charge < -0.3 is 5.11 Å². The van der Waals surface area contributed by atoms with E-state index in [1.54, 1.807) is 0 Å². The van der Waals surface area contributed by atoms with Crippen LogP contribution in [0.15, 0.2) is 0 Å². The maximum Gasteiger partial charge on any atom is 0.0459 e. The van der Waals surface area contributed by atoms with E-state index in [2.05, 4.69) is 13.8 Å². The van der Waals surface area contributed by atoms with E-state index in [4.69, 9.17) is 5.11 Å². The summed E-state index contributed by atoms with van der Waals surface area (Å²) in [6.45, 7) is 4.87. The van der Waals surface area contributed by atoms with E-state index in [1.165, 1.54) is 25.7 Å². The third-order valence-corrected chi connectivity index (χ3v) is 3.07. The monoisotopic (exact) mass is 156 g/mol. The molecule has 0 amide bonds. The van der Waals surface area contributed by atoms with Crippen molar-refractivity contribution in [2.45, 2.75) is 39.5 Å². The van der Waals surface area contributed by atoms with E-state index in [0.29, 0.717) is 12.5 Å². The van der Waals surface area contributed by atoms with Gasteiger partial charge >= 0.3 is 0 Å². The third-order valence-electron chi connectivity index (χ3n) is 3.07. The zero-order valence-corrected chi connectivity index (χ0v) is 7.71. The first-order valence-electron chi connectivity index (χ1n) is 4.85. The second-order valence-electron chi connectivity index (χ2n) is 4.19. The van der Waals surface area contributed by atoms with Crippen LogP contribution in [0.5, 0.6) is 0 Å². The van der Waals surface area contributed by atoms with Gasteiger partial charge in [-0.2, -0.15) is 0 Å². The van der Waals surface area contributed by atoms with Crippen molar-refractivity contribution in [3.8, 4) is 0 Å². The van der Waals surface area contributed by atoms with Gasteiger partial charge in [-0.1, -0.05) is 33.1 Å². The van der Waals surface area contributed by atoms with Crippen LogP contribution < -0.4 is 0 Å². The molecule has 0 bridgehead atoms. The number of aliphatic hydroxyl groups excluding tert-OH is 1. The normalized spacial score (nSPS) is 35.2. The Kier molecular flexibility index (Phi) is 3.38. The van der Waals surface area contributed by atoms with Crippen molar-refractivity contribution in [3.63, 3.8) is 0 Å². The van der Waals surface area contributed by atoms with E-state index in [0.717, 1.165) is 11.8 Å². The molecule has 1 rings (SSSR count). The molecule has 66 valence electrons. The first-order valence-corrected chi connectivity index (χ1v) is 4.85. The summed E-state index contributed by atoms with van der Waals surface area (Å²) in [4.78, 5) is 0. The zero-order valence-electron chi connectivity index (χ0n) is 7.71. The molecule has 0 aromatic heterocycles. The molecule has 1 saturated carbocycles. The molecule has 1 nitrogen and oxygen atoms in total. The van der Waals surface area contributed by atoms with Gasteiger partial charge in [0, 0.05) is 6.61 Å². The Hall–Kier alpha value is -0.0400. The Labute approximate surface area is 69.8 Å². The van der Waals surface area contributed by atoms with Crippen molar-refractivity contribution in [1.29, 1.82) is 0 Å². The van der Waals surface area contributed by atoms with Crippen LogP contribution in [0.25, 0.3) is 0 Å². The molecule has 11 heavy (non-hydrogen) atoms. The van der Waals surface area contributed by atoms with Crippen LogP contribution in [0, 0.1) is 17.8 Å². The topological polar surface area (TPSA) is 20.2 Å². The minimum atomic E-state index is 0.372. The lowest BCUT2D eigenvalue weighted by Gasteiger charge is -2.30. The van der Waals surface area contributed by atoms with Crippen LogP contribution in [-0.4, -0.2) is 11.7 Å². The molecule has 0 aromatic carbocycles. The van der Waals surface area contributed by atoms with Crippen LogP contribution in [-0.2, 0) is 0 Å². The van der Waals surface area contributed by atoms with Crippen LogP contribution >= 0.6 is 0 Å². The van der Waals surface area contributed by atoms with Gasteiger partial charge in [-0.25, -0.2) is 0 Å². The van der Waals surface area contributed by atoms with Gasteiger partial charge in [-0.05, 0) is 24.2 Å². The Bertz CT molecular complexity index is 111. The highest BCUT2D eigenvalue weighted by Gasteiger charge is 2.22. The zero-order chi connectivity index (χ0) is 8.27. The number of aliphatic hydroxyl groups is 1. The van der Waals surface area contributed by atoms with Gasteiger partial charge in [0.1, 0.15) is 0 Å². The highest BCUT2D eigenvalue weighted by molar-refractivity contribution is 4.73. The summed E-state index contributed by atoms with van der Waals surface area (Å²) in [5, 5.41) is 8.97. The largest absolute Gasteiger partial charge is 0.396 e. The second-order valence-corrected chi connectivity index (χ2v) is 4.19. The first-order chi connectivity index (χ1) is 5.24. The Morgan fingerprint density at radius 3 is 2.73 bits per heavy atom. The molecule has 1 N–H and O–H groups in total. The van der Waals surface area contributed by atoms with Gasteiger partial charge in [0.15, 0.2) is 0 Å². The van der Waals surface area contributed by atoms with Crippen LogP contribution in [0.4, 0.5) is 0 Å². The molecule has 3 atom stereocenters. The SMILES string of the molecule is CC1CCCC(C(C)CO)C1. The fraction of sp³-hybridized carbons (Fsp3) is 1.00. The predicted molar refractivity (Wildman–Crippen MR) is 47.4 cm³/mol. The summed E-state index contributed by atoms with van der Waals surface area (Å²) in [5.41, 5.74) is 0. The average Bonchev–Trinajstić information content (AvgIpc) is 2.03. The van der Waals surface area contributed by atoms with Gasteiger partial charge in [0.05, 0.1) is 0 Å². The molecule has 1 aliphatic rings. The van der Waals surface area contributed by atoms with E-state index >= 15 is 0 Å². The molecule has 1 heteroatoms. The second kappa shape index (κ2) is 4.10. The number of hydrogen-bond acceptors (Lipinski definition) is 1. The van der Waals surface area contributed by atoms with Crippen molar-refractivity contribution in [2.24, 2.45) is 17.8 Å². The third kappa shape index (κ3) is 2.48. The summed E-state index contributed by atoms with van der Waals surface area (Å²) < 4.78 is 0. The van der Waals surface area contributed by atoms with Crippen LogP contribution in [0.3, 0.4) is 0 Å². The summed E-state index contributed by atoms with van der Waals surface area (Å²) in [7, 11) is 0. The summed E-state index contributed by atoms with van der Waals surface area (Å²) in [5.74, 6) is 2.21. The molecule has 0 aromatic rings. The minimum Gasteiger partial charge on any atom is -0.396 e. The summed E-state index contributed by atoms with van der Waals surface area (Å²) >= 11 is 0. The lowest BCUT2D eigenvalue weighted by molar-refractivity contribution is 0.142. The molecule has 0 spiro atoms. The summed E-state index contributed by atoms with van der Waals surface area (Å²) in [6, 6.07) is 0. The highest BCUT2D eigenvalue weighted by Crippen LogP contribution is 2.32. The van der Waals surface area contributed by atoms with Crippen molar-refractivity contribution in [2.75, 3.05) is 6.61 Å². The van der Waals surface area contributed by atoms with Crippen molar-refractivity contribution >= 4 is 0 Å². The van der Waals surface area contributed by atoms with E-state index in [9.17, 15) is 0 Å². The maximum absolute atomic E-state index is 8.97. The van der Waals surface area contributed by atoms with Gasteiger partial charge in [0.25, 0.3) is 0 Å². The highest BCUT2D eigenvalue weighted by atomic mass is 16.3. The fourth-order valence-electron chi connectivity index (χ4n) is 2.15. The minimum absolute atomic E-state index is 0.372. The van der Waals surface area contributed by atoms with Crippen LogP contribution in [0.1, 0.15) is 39.5 Å². The molecule has 0 saturated heterocycles. The molecule has 0 heterocycles. The lowest BCUT2D eigenvalue weighted by Crippen LogP contribution is -2.21. The quantitative estimate of drug-likeness (QED) is 0.651. The average molecular weight is 156 g/mol. The van der Waals surface area contributed by atoms with Gasteiger partial charge in [0.2, 0.25) is 0 Å². The standard InChI is InChI=1S/C10H20O/c1-8-4-3-5-10(6-8)9(2)7-11/h8-11H,3-7H2,1-2H3. The summed E-state index contributed by atoms with van der Waals surface area (Å²) in [6.07, 6.45) is 5.44. The van der Waals surface area contributed by atoms with Gasteiger partial charge in [-0.15, -0.1) is 0 Å². The van der Waals surface area contributed by atoms with E-state index in [1.807, 2.05) is 0 Å². The Balaban J connectivity index is 2.33. The van der Waals surface area contributed by atoms with Crippen molar-refractivity contribution < 1.29 is 5.11 Å². The molecule has 1 aliphatic carbocycles. The van der Waals surface area contributed by atoms with E-state index < -0.39 is 0 Å². The smallest absolute Gasteiger partial charge is 0.0459 e. The van der Waals surface area contributed by atoms with Crippen molar-refractivity contribution in [3.05, 3.63) is 0 Å². The fourth-order valence-corrected chi connectivity index (χ4v) is 2.15. The predicted octanol–water partition coefficient (Wildman–Crippen LogP) is 2.44. The van der Waals surface area contributed by atoms with Crippen LogP contribution in [0.2, 0.25) is 0 Å². The molecule has 1 fully saturated rings. The molecule has 3 unspecified atom stereocenters. The molecular weight excluding hydrogens is 136 g/mol. The first kappa shape index (κ1) is 9.05. The van der Waals surface area contributed by atoms with Crippen molar-refractivity contribution in [1.82, 2.24) is 0 Å². The Morgan fingerprint density at radius 2 is 2.18 bits per heavy atom.